The summed E-state index contributed by atoms with van der Waals surface area (Å²) in [5.41, 5.74) is 2.69. The monoisotopic (exact) mass is 289 g/mol. The highest BCUT2D eigenvalue weighted by Gasteiger charge is 2.08. The molecule has 1 atom stereocenters. The number of anilines is 1. The van der Waals surface area contributed by atoms with E-state index in [0.717, 1.165) is 12.1 Å². The lowest BCUT2D eigenvalue weighted by Crippen LogP contribution is -2.24. The van der Waals surface area contributed by atoms with E-state index in [2.05, 4.69) is 39.4 Å². The lowest BCUT2D eigenvalue weighted by Gasteiger charge is -2.15. The van der Waals surface area contributed by atoms with Gasteiger partial charge in [0.25, 0.3) is 5.91 Å². The molecule has 1 amide bonds. The minimum Gasteiger partial charge on any atom is -0.382 e. The molecule has 0 aliphatic carbocycles. The van der Waals surface area contributed by atoms with E-state index in [1.807, 2.05) is 13.0 Å². The fraction of sp³-hybridized carbons (Fsp3) is 0.333. The Morgan fingerprint density at radius 2 is 2.30 bits per heavy atom. The molecule has 106 valence electrons. The molecular formula is C15H19N3OS. The third-order valence-electron chi connectivity index (χ3n) is 2.86. The summed E-state index contributed by atoms with van der Waals surface area (Å²) in [4.78, 5) is 15.8. The van der Waals surface area contributed by atoms with Crippen molar-refractivity contribution in [3.05, 3.63) is 46.4 Å². The number of carbonyl (C=O) groups excluding carboxylic acids is 1. The van der Waals surface area contributed by atoms with E-state index in [1.54, 1.807) is 23.6 Å². The van der Waals surface area contributed by atoms with Gasteiger partial charge in [-0.25, -0.2) is 0 Å². The van der Waals surface area contributed by atoms with Crippen LogP contribution in [0.2, 0.25) is 0 Å². The van der Waals surface area contributed by atoms with Gasteiger partial charge in [-0.3, -0.25) is 9.78 Å². The third kappa shape index (κ3) is 4.06. The van der Waals surface area contributed by atoms with E-state index in [0.29, 0.717) is 18.3 Å². The van der Waals surface area contributed by atoms with Crippen molar-refractivity contribution in [2.45, 2.75) is 26.3 Å². The van der Waals surface area contributed by atoms with Gasteiger partial charge in [0.15, 0.2) is 0 Å². The maximum atomic E-state index is 11.7. The van der Waals surface area contributed by atoms with Crippen molar-refractivity contribution in [1.29, 1.82) is 0 Å². The first-order valence-corrected chi connectivity index (χ1v) is 7.65. The molecule has 0 aliphatic heterocycles. The molecule has 2 heterocycles. The van der Waals surface area contributed by atoms with Crippen LogP contribution in [0.25, 0.3) is 0 Å². The summed E-state index contributed by atoms with van der Waals surface area (Å²) in [6.07, 6.45) is 2.62. The van der Waals surface area contributed by atoms with Gasteiger partial charge in [-0.05, 0) is 54.8 Å². The molecule has 20 heavy (non-hydrogen) atoms. The van der Waals surface area contributed by atoms with Crippen molar-refractivity contribution in [3.63, 3.8) is 0 Å². The second kappa shape index (κ2) is 7.05. The zero-order valence-corrected chi connectivity index (χ0v) is 12.5. The quantitative estimate of drug-likeness (QED) is 0.859. The van der Waals surface area contributed by atoms with Gasteiger partial charge in [-0.15, -0.1) is 0 Å². The molecule has 0 aromatic carbocycles. The van der Waals surface area contributed by atoms with E-state index in [1.165, 1.54) is 5.56 Å². The molecule has 2 aromatic rings. The Kier molecular flexibility index (Phi) is 5.12. The first-order valence-electron chi connectivity index (χ1n) is 6.71. The molecule has 0 saturated carbocycles. The zero-order chi connectivity index (χ0) is 14.4. The van der Waals surface area contributed by atoms with Crippen LogP contribution >= 0.6 is 11.3 Å². The highest BCUT2D eigenvalue weighted by atomic mass is 32.1. The van der Waals surface area contributed by atoms with E-state index in [9.17, 15) is 4.79 Å². The lowest BCUT2D eigenvalue weighted by molar-refractivity contribution is 0.0951. The van der Waals surface area contributed by atoms with E-state index >= 15 is 0 Å². The van der Waals surface area contributed by atoms with Crippen LogP contribution in [0.1, 0.15) is 29.9 Å². The van der Waals surface area contributed by atoms with Crippen LogP contribution in [0.4, 0.5) is 5.69 Å². The number of rotatable bonds is 6. The Hall–Kier alpha value is -1.88. The van der Waals surface area contributed by atoms with Gasteiger partial charge in [0.1, 0.15) is 5.69 Å². The van der Waals surface area contributed by atoms with Gasteiger partial charge in [-0.1, -0.05) is 0 Å². The van der Waals surface area contributed by atoms with Gasteiger partial charge in [0.05, 0.1) is 0 Å². The van der Waals surface area contributed by atoms with Crippen LogP contribution in [0.3, 0.4) is 0 Å². The Bertz CT molecular complexity index is 554. The topological polar surface area (TPSA) is 54.0 Å². The first-order chi connectivity index (χ1) is 9.69. The van der Waals surface area contributed by atoms with E-state index in [-0.39, 0.29) is 5.91 Å². The van der Waals surface area contributed by atoms with Gasteiger partial charge >= 0.3 is 0 Å². The second-order valence-corrected chi connectivity index (χ2v) is 5.45. The van der Waals surface area contributed by atoms with Gasteiger partial charge < -0.3 is 10.6 Å². The average Bonchev–Trinajstić information content (AvgIpc) is 2.92. The molecule has 0 radical (unpaired) electrons. The maximum Gasteiger partial charge on any atom is 0.269 e. The van der Waals surface area contributed by atoms with Crippen molar-refractivity contribution in [1.82, 2.24) is 10.3 Å². The molecule has 2 aromatic heterocycles. The number of carbonyl (C=O) groups is 1. The van der Waals surface area contributed by atoms with Gasteiger partial charge in [0.2, 0.25) is 0 Å². The molecule has 2 rings (SSSR count). The number of amides is 1. The van der Waals surface area contributed by atoms with Crippen molar-refractivity contribution in [3.8, 4) is 0 Å². The smallest absolute Gasteiger partial charge is 0.269 e. The number of hydrogen-bond donors (Lipinski definition) is 2. The van der Waals surface area contributed by atoms with Crippen molar-refractivity contribution < 1.29 is 4.79 Å². The largest absolute Gasteiger partial charge is 0.382 e. The minimum atomic E-state index is -0.137. The predicted octanol–water partition coefficient (Wildman–Crippen LogP) is 2.94. The second-order valence-electron chi connectivity index (χ2n) is 4.67. The first kappa shape index (κ1) is 14.5. The number of aromatic nitrogens is 1. The van der Waals surface area contributed by atoms with Crippen LogP contribution < -0.4 is 10.6 Å². The fourth-order valence-electron chi connectivity index (χ4n) is 1.99. The average molecular weight is 289 g/mol. The molecule has 0 fully saturated rings. The standard InChI is InChI=1S/C15H19N3OS/c1-3-16-15(19)14-9-13(4-6-17-14)18-11(2)8-12-5-7-20-10-12/h4-7,9-11H,3,8H2,1-2H3,(H,16,19)(H,17,18). The fourth-order valence-corrected chi connectivity index (χ4v) is 2.68. The van der Waals surface area contributed by atoms with Crippen LogP contribution in [0.5, 0.6) is 0 Å². The molecular weight excluding hydrogens is 270 g/mol. The van der Waals surface area contributed by atoms with Crippen molar-refractivity contribution in [2.24, 2.45) is 0 Å². The number of nitrogens with one attached hydrogen (secondary N) is 2. The maximum absolute atomic E-state index is 11.7. The Labute approximate surface area is 123 Å². The molecule has 4 nitrogen and oxygen atoms in total. The summed E-state index contributed by atoms with van der Waals surface area (Å²) in [6, 6.07) is 6.10. The van der Waals surface area contributed by atoms with Crippen molar-refractivity contribution in [2.75, 3.05) is 11.9 Å². The van der Waals surface area contributed by atoms with Gasteiger partial charge in [-0.2, -0.15) is 11.3 Å². The Morgan fingerprint density at radius 3 is 3.00 bits per heavy atom. The normalized spacial score (nSPS) is 11.9. The molecule has 0 saturated heterocycles. The van der Waals surface area contributed by atoms with E-state index < -0.39 is 0 Å². The molecule has 0 spiro atoms. The Morgan fingerprint density at radius 1 is 1.45 bits per heavy atom. The number of hydrogen-bond acceptors (Lipinski definition) is 4. The van der Waals surface area contributed by atoms with Crippen LogP contribution in [0, 0.1) is 0 Å². The molecule has 0 aliphatic rings. The summed E-state index contributed by atoms with van der Waals surface area (Å²) in [6.45, 7) is 4.62. The van der Waals surface area contributed by atoms with Crippen molar-refractivity contribution >= 4 is 22.9 Å². The summed E-state index contributed by atoms with van der Waals surface area (Å²) >= 11 is 1.71. The van der Waals surface area contributed by atoms with Crippen LogP contribution in [-0.4, -0.2) is 23.5 Å². The molecule has 1 unspecified atom stereocenters. The number of nitrogens with zero attached hydrogens (tertiary/aromatic N) is 1. The van der Waals surface area contributed by atoms with Crippen LogP contribution in [0.15, 0.2) is 35.2 Å². The molecule has 0 bridgehead atoms. The number of pyridine rings is 1. The minimum absolute atomic E-state index is 0.137. The molecule has 5 heteroatoms. The Balaban J connectivity index is 1.98. The number of thiophene rings is 1. The molecule has 2 N–H and O–H groups in total. The summed E-state index contributed by atoms with van der Waals surface area (Å²) in [5, 5.41) is 10.4. The van der Waals surface area contributed by atoms with Gasteiger partial charge in [0, 0.05) is 24.5 Å². The highest BCUT2D eigenvalue weighted by molar-refractivity contribution is 7.07. The zero-order valence-electron chi connectivity index (χ0n) is 11.7. The lowest BCUT2D eigenvalue weighted by atomic mass is 10.1. The highest BCUT2D eigenvalue weighted by Crippen LogP contribution is 2.13. The van der Waals surface area contributed by atoms with Crippen LogP contribution in [-0.2, 0) is 6.42 Å². The summed E-state index contributed by atoms with van der Waals surface area (Å²) in [5.74, 6) is -0.137. The SMILES string of the molecule is CCNC(=O)c1cc(NC(C)Cc2ccsc2)ccn1. The predicted molar refractivity (Wildman–Crippen MR) is 83.4 cm³/mol. The third-order valence-corrected chi connectivity index (χ3v) is 3.60. The summed E-state index contributed by atoms with van der Waals surface area (Å²) in [7, 11) is 0. The summed E-state index contributed by atoms with van der Waals surface area (Å²) < 4.78 is 0. The van der Waals surface area contributed by atoms with E-state index in [4.69, 9.17) is 0 Å².